The van der Waals surface area contributed by atoms with Crippen molar-refractivity contribution in [3.05, 3.63) is 0 Å². The van der Waals surface area contributed by atoms with Crippen LogP contribution in [0.2, 0.25) is 0 Å². The van der Waals surface area contributed by atoms with Crippen LogP contribution < -0.4 is 0 Å². The monoisotopic (exact) mass is 292 g/mol. The van der Waals surface area contributed by atoms with Crippen molar-refractivity contribution in [2.75, 3.05) is 13.2 Å². The molecule has 0 spiro atoms. The standard InChI is InChI=1S/C14H28O6/c1-2-3-4-5-6-7-8-19-13-12(17)11(16)10(9-15)20-14(13)18/h10-18H,2-9H2,1H3/t10-,11-,12+,13-,14-/m1/s1. The number of hydrogen-bond acceptors (Lipinski definition) is 6. The van der Waals surface area contributed by atoms with Crippen molar-refractivity contribution < 1.29 is 29.9 Å². The lowest BCUT2D eigenvalue weighted by atomic mass is 9.99. The fourth-order valence-corrected chi connectivity index (χ4v) is 2.35. The molecule has 0 aromatic rings. The Morgan fingerprint density at radius 2 is 1.60 bits per heavy atom. The first-order valence-corrected chi connectivity index (χ1v) is 7.54. The van der Waals surface area contributed by atoms with Crippen molar-refractivity contribution in [3.63, 3.8) is 0 Å². The molecule has 1 aliphatic heterocycles. The van der Waals surface area contributed by atoms with Crippen LogP contribution in [-0.2, 0) is 9.47 Å². The smallest absolute Gasteiger partial charge is 0.184 e. The van der Waals surface area contributed by atoms with Gasteiger partial charge in [0.2, 0.25) is 0 Å². The summed E-state index contributed by atoms with van der Waals surface area (Å²) in [5.74, 6) is 0. The van der Waals surface area contributed by atoms with Gasteiger partial charge in [0.05, 0.1) is 6.61 Å². The van der Waals surface area contributed by atoms with Gasteiger partial charge in [-0.2, -0.15) is 0 Å². The van der Waals surface area contributed by atoms with Crippen LogP contribution in [0.3, 0.4) is 0 Å². The fraction of sp³-hybridized carbons (Fsp3) is 1.00. The Kier molecular flexibility index (Phi) is 8.60. The molecule has 0 saturated carbocycles. The average Bonchev–Trinajstić information content (AvgIpc) is 2.45. The van der Waals surface area contributed by atoms with Gasteiger partial charge >= 0.3 is 0 Å². The predicted octanol–water partition coefficient (Wildman–Crippen LogP) is 0.163. The van der Waals surface area contributed by atoms with Crippen molar-refractivity contribution >= 4 is 0 Å². The molecule has 0 radical (unpaired) electrons. The van der Waals surface area contributed by atoms with Gasteiger partial charge in [-0.05, 0) is 6.42 Å². The highest BCUT2D eigenvalue weighted by molar-refractivity contribution is 4.89. The third-order valence-corrected chi connectivity index (χ3v) is 3.65. The van der Waals surface area contributed by atoms with Crippen molar-refractivity contribution in [2.24, 2.45) is 0 Å². The second-order valence-electron chi connectivity index (χ2n) is 5.33. The minimum Gasteiger partial charge on any atom is -0.394 e. The number of hydrogen-bond donors (Lipinski definition) is 4. The molecule has 0 aliphatic carbocycles. The van der Waals surface area contributed by atoms with E-state index in [-0.39, 0.29) is 0 Å². The highest BCUT2D eigenvalue weighted by atomic mass is 16.7. The Bertz CT molecular complexity index is 250. The molecule has 1 saturated heterocycles. The number of unbranched alkanes of at least 4 members (excludes halogenated alkanes) is 5. The lowest BCUT2D eigenvalue weighted by Gasteiger charge is -2.39. The Labute approximate surface area is 120 Å². The number of ether oxygens (including phenoxy) is 2. The summed E-state index contributed by atoms with van der Waals surface area (Å²) < 4.78 is 10.4. The van der Waals surface area contributed by atoms with Crippen molar-refractivity contribution in [2.45, 2.75) is 76.2 Å². The minimum absolute atomic E-state index is 0.408. The third kappa shape index (κ3) is 5.27. The summed E-state index contributed by atoms with van der Waals surface area (Å²) in [7, 11) is 0. The van der Waals surface area contributed by atoms with Crippen molar-refractivity contribution in [1.29, 1.82) is 0 Å². The predicted molar refractivity (Wildman–Crippen MR) is 73.1 cm³/mol. The zero-order valence-electron chi connectivity index (χ0n) is 12.1. The largest absolute Gasteiger partial charge is 0.394 e. The minimum atomic E-state index is -1.33. The van der Waals surface area contributed by atoms with Crippen LogP contribution in [0.5, 0.6) is 0 Å². The van der Waals surface area contributed by atoms with E-state index in [1.165, 1.54) is 19.3 Å². The molecule has 4 N–H and O–H groups in total. The van der Waals surface area contributed by atoms with Gasteiger partial charge in [0.15, 0.2) is 6.29 Å². The van der Waals surface area contributed by atoms with Crippen molar-refractivity contribution in [1.82, 2.24) is 0 Å². The lowest BCUT2D eigenvalue weighted by molar-refractivity contribution is -0.296. The Balaban J connectivity index is 2.22. The number of rotatable bonds is 9. The Hall–Kier alpha value is -0.240. The summed E-state index contributed by atoms with van der Waals surface area (Å²) in [6, 6.07) is 0. The molecule has 0 unspecified atom stereocenters. The molecule has 0 aromatic heterocycles. The fourth-order valence-electron chi connectivity index (χ4n) is 2.35. The molecular weight excluding hydrogens is 264 g/mol. The summed E-state index contributed by atoms with van der Waals surface area (Å²) >= 11 is 0. The second kappa shape index (κ2) is 9.65. The molecule has 1 aliphatic rings. The zero-order valence-corrected chi connectivity index (χ0v) is 12.1. The Morgan fingerprint density at radius 1 is 0.950 bits per heavy atom. The van der Waals surface area contributed by atoms with E-state index in [4.69, 9.17) is 14.6 Å². The molecule has 0 bridgehead atoms. The van der Waals surface area contributed by atoms with E-state index in [9.17, 15) is 15.3 Å². The number of aliphatic hydroxyl groups excluding tert-OH is 4. The Morgan fingerprint density at radius 3 is 2.25 bits per heavy atom. The first-order valence-electron chi connectivity index (χ1n) is 7.54. The van der Waals surface area contributed by atoms with Gasteiger partial charge in [-0.25, -0.2) is 0 Å². The van der Waals surface area contributed by atoms with E-state index in [0.717, 1.165) is 19.3 Å². The van der Waals surface area contributed by atoms with E-state index in [1.807, 2.05) is 0 Å². The van der Waals surface area contributed by atoms with Gasteiger partial charge in [0, 0.05) is 6.61 Å². The zero-order chi connectivity index (χ0) is 15.0. The molecule has 6 nitrogen and oxygen atoms in total. The molecular formula is C14H28O6. The summed E-state index contributed by atoms with van der Waals surface area (Å²) in [6.07, 6.45) is 0.920. The lowest BCUT2D eigenvalue weighted by Crippen LogP contribution is -2.59. The molecule has 1 heterocycles. The van der Waals surface area contributed by atoms with E-state index >= 15 is 0 Å². The van der Waals surface area contributed by atoms with Gasteiger partial charge in [-0.3, -0.25) is 0 Å². The van der Waals surface area contributed by atoms with Gasteiger partial charge < -0.3 is 29.9 Å². The maximum absolute atomic E-state index is 9.86. The SMILES string of the molecule is CCCCCCCCO[C@@H]1[C@@H](O)[C@H](O)[C@@H](CO)O[C@H]1O. The van der Waals surface area contributed by atoms with E-state index in [1.54, 1.807) is 0 Å². The van der Waals surface area contributed by atoms with Crippen LogP contribution in [-0.4, -0.2) is 64.3 Å². The second-order valence-corrected chi connectivity index (χ2v) is 5.33. The quantitative estimate of drug-likeness (QED) is 0.452. The molecule has 1 fully saturated rings. The normalized spacial score (nSPS) is 34.4. The summed E-state index contributed by atoms with van der Waals surface area (Å²) in [6.45, 7) is 2.12. The third-order valence-electron chi connectivity index (χ3n) is 3.65. The molecule has 0 aromatic carbocycles. The average molecular weight is 292 g/mol. The van der Waals surface area contributed by atoms with Gasteiger partial charge in [-0.15, -0.1) is 0 Å². The van der Waals surface area contributed by atoms with Crippen LogP contribution in [0.15, 0.2) is 0 Å². The highest BCUT2D eigenvalue weighted by Crippen LogP contribution is 2.22. The van der Waals surface area contributed by atoms with Gasteiger partial charge in [0.1, 0.15) is 24.4 Å². The van der Waals surface area contributed by atoms with Gasteiger partial charge in [0.25, 0.3) is 0 Å². The molecule has 1 rings (SSSR count). The van der Waals surface area contributed by atoms with Crippen molar-refractivity contribution in [3.8, 4) is 0 Å². The molecule has 5 atom stereocenters. The topological polar surface area (TPSA) is 99.4 Å². The van der Waals surface area contributed by atoms with E-state index < -0.39 is 37.3 Å². The molecule has 20 heavy (non-hydrogen) atoms. The molecule has 120 valence electrons. The van der Waals surface area contributed by atoms with Crippen LogP contribution in [0.25, 0.3) is 0 Å². The first-order chi connectivity index (χ1) is 9.61. The summed E-state index contributed by atoms with van der Waals surface area (Å²) in [4.78, 5) is 0. The van der Waals surface area contributed by atoms with Crippen LogP contribution in [0, 0.1) is 0 Å². The van der Waals surface area contributed by atoms with E-state index in [0.29, 0.717) is 6.61 Å². The van der Waals surface area contributed by atoms with Gasteiger partial charge in [-0.1, -0.05) is 39.0 Å². The number of aliphatic hydroxyl groups is 4. The maximum Gasteiger partial charge on any atom is 0.184 e. The molecule has 0 amide bonds. The first kappa shape index (κ1) is 17.8. The van der Waals surface area contributed by atoms with Crippen LogP contribution in [0.4, 0.5) is 0 Å². The molecule has 6 heteroatoms. The highest BCUT2D eigenvalue weighted by Gasteiger charge is 2.44. The summed E-state index contributed by atoms with van der Waals surface area (Å²) in [5, 5.41) is 38.2. The van der Waals surface area contributed by atoms with Crippen LogP contribution in [0.1, 0.15) is 45.4 Å². The van der Waals surface area contributed by atoms with E-state index in [2.05, 4.69) is 6.92 Å². The van der Waals surface area contributed by atoms with Crippen LogP contribution >= 0.6 is 0 Å². The maximum atomic E-state index is 9.86. The summed E-state index contributed by atoms with van der Waals surface area (Å²) in [5.41, 5.74) is 0.